The fourth-order valence-electron chi connectivity index (χ4n) is 2.60. The fraction of sp³-hybridized carbons (Fsp3) is 0.0952. The molecule has 0 bridgehead atoms. The second-order valence-electron chi connectivity index (χ2n) is 6.12. The Morgan fingerprint density at radius 3 is 2.62 bits per heavy atom. The Morgan fingerprint density at radius 1 is 1.03 bits per heavy atom. The molecule has 1 heterocycles. The number of carbonyl (C=O) groups excluding carboxylic acids is 2. The molecule has 3 aromatic rings. The summed E-state index contributed by atoms with van der Waals surface area (Å²) in [4.78, 5) is 27.4. The van der Waals surface area contributed by atoms with Gasteiger partial charge in [0.05, 0.1) is 10.6 Å². The number of amides is 2. The highest BCUT2D eigenvalue weighted by molar-refractivity contribution is 6.35. The maximum absolute atomic E-state index is 12.3. The molecule has 0 saturated carbocycles. The van der Waals surface area contributed by atoms with Crippen molar-refractivity contribution in [1.29, 1.82) is 0 Å². The van der Waals surface area contributed by atoms with E-state index >= 15 is 0 Å². The maximum Gasteiger partial charge on any atom is 0.267 e. The molecule has 29 heavy (non-hydrogen) atoms. The third-order valence-electron chi connectivity index (χ3n) is 3.99. The van der Waals surface area contributed by atoms with Crippen LogP contribution in [0.1, 0.15) is 26.4 Å². The Kier molecular flexibility index (Phi) is 6.69. The number of nitrogens with one attached hydrogen (secondary N) is 1. The zero-order chi connectivity index (χ0) is 20.8. The number of ether oxygens (including phenoxy) is 1. The molecule has 0 saturated heterocycles. The molecular formula is C21H17Cl2N3O3. The molecule has 0 aliphatic carbocycles. The van der Waals surface area contributed by atoms with Gasteiger partial charge < -0.3 is 15.8 Å². The average Bonchev–Trinajstić information content (AvgIpc) is 2.70. The number of carbonyl (C=O) groups is 2. The van der Waals surface area contributed by atoms with Gasteiger partial charge >= 0.3 is 0 Å². The van der Waals surface area contributed by atoms with E-state index in [2.05, 4.69) is 10.3 Å². The molecule has 8 heteroatoms. The van der Waals surface area contributed by atoms with Gasteiger partial charge in [-0.15, -0.1) is 0 Å². The minimum atomic E-state index is -0.625. The van der Waals surface area contributed by atoms with Crippen LogP contribution in [0.5, 0.6) is 11.5 Å². The largest absolute Gasteiger partial charge is 0.457 e. The lowest BCUT2D eigenvalue weighted by Crippen LogP contribution is -2.26. The first kappa shape index (κ1) is 20.6. The maximum atomic E-state index is 12.3. The van der Waals surface area contributed by atoms with E-state index in [4.69, 9.17) is 33.7 Å². The fourth-order valence-corrected chi connectivity index (χ4v) is 2.97. The molecule has 2 amide bonds. The summed E-state index contributed by atoms with van der Waals surface area (Å²) in [5, 5.41) is 3.61. The predicted molar refractivity (Wildman–Crippen MR) is 112 cm³/mol. The van der Waals surface area contributed by atoms with Crippen molar-refractivity contribution in [3.63, 3.8) is 0 Å². The number of hydrogen-bond acceptors (Lipinski definition) is 4. The van der Waals surface area contributed by atoms with Gasteiger partial charge in [-0.3, -0.25) is 14.6 Å². The zero-order valence-electron chi connectivity index (χ0n) is 15.2. The highest BCUT2D eigenvalue weighted by Gasteiger charge is 2.11. The lowest BCUT2D eigenvalue weighted by Gasteiger charge is -2.10. The second kappa shape index (κ2) is 9.41. The zero-order valence-corrected chi connectivity index (χ0v) is 16.7. The van der Waals surface area contributed by atoms with Crippen molar-refractivity contribution in [3.05, 3.63) is 87.7 Å². The van der Waals surface area contributed by atoms with Crippen LogP contribution < -0.4 is 15.8 Å². The van der Waals surface area contributed by atoms with Crippen molar-refractivity contribution in [2.45, 2.75) is 6.42 Å². The van der Waals surface area contributed by atoms with Gasteiger partial charge in [0.1, 0.15) is 17.2 Å². The molecule has 6 nitrogen and oxygen atoms in total. The summed E-state index contributed by atoms with van der Waals surface area (Å²) in [5.41, 5.74) is 6.65. The van der Waals surface area contributed by atoms with Gasteiger partial charge in [0.2, 0.25) is 0 Å². The molecule has 0 aliphatic rings. The first-order chi connectivity index (χ1) is 13.9. The van der Waals surface area contributed by atoms with Crippen LogP contribution >= 0.6 is 23.2 Å². The lowest BCUT2D eigenvalue weighted by molar-refractivity contribution is 0.0952. The predicted octanol–water partition coefficient (Wildman–Crippen LogP) is 4.25. The number of benzene rings is 2. The molecule has 0 aliphatic heterocycles. The minimum absolute atomic E-state index is 0.126. The molecule has 0 atom stereocenters. The average molecular weight is 430 g/mol. The number of primary amides is 1. The van der Waals surface area contributed by atoms with Gasteiger partial charge in [-0.1, -0.05) is 35.3 Å². The smallest absolute Gasteiger partial charge is 0.267 e. The van der Waals surface area contributed by atoms with Crippen molar-refractivity contribution >= 4 is 35.0 Å². The van der Waals surface area contributed by atoms with E-state index in [1.54, 1.807) is 24.3 Å². The third kappa shape index (κ3) is 5.70. The molecular weight excluding hydrogens is 413 g/mol. The van der Waals surface area contributed by atoms with Crippen molar-refractivity contribution in [3.8, 4) is 11.5 Å². The Morgan fingerprint density at radius 2 is 1.83 bits per heavy atom. The Hall–Kier alpha value is -3.09. The van der Waals surface area contributed by atoms with Crippen LogP contribution in [0.3, 0.4) is 0 Å². The van der Waals surface area contributed by atoms with Gasteiger partial charge in [0.25, 0.3) is 11.8 Å². The van der Waals surface area contributed by atoms with Crippen LogP contribution in [0.25, 0.3) is 0 Å². The first-order valence-corrected chi connectivity index (χ1v) is 9.44. The van der Waals surface area contributed by atoms with E-state index in [1.165, 1.54) is 18.3 Å². The summed E-state index contributed by atoms with van der Waals surface area (Å²) in [6.07, 6.45) is 2.04. The molecule has 3 N–H and O–H groups in total. The van der Waals surface area contributed by atoms with Gasteiger partial charge in [0, 0.05) is 23.8 Å². The minimum Gasteiger partial charge on any atom is -0.457 e. The van der Waals surface area contributed by atoms with E-state index in [0.29, 0.717) is 40.1 Å². The summed E-state index contributed by atoms with van der Waals surface area (Å²) >= 11 is 12.0. The Bertz CT molecular complexity index is 1060. The van der Waals surface area contributed by atoms with E-state index in [0.717, 1.165) is 5.56 Å². The molecule has 0 fully saturated rings. The SMILES string of the molecule is NC(=O)c1cc(Oc2cccc(CCNC(=O)c3cc(Cl)ccc3Cl)c2)ccn1. The first-order valence-electron chi connectivity index (χ1n) is 8.68. The number of aromatic nitrogens is 1. The molecule has 1 aromatic heterocycles. The normalized spacial score (nSPS) is 10.4. The van der Waals surface area contributed by atoms with Gasteiger partial charge in [-0.25, -0.2) is 0 Å². The summed E-state index contributed by atoms with van der Waals surface area (Å²) in [5.74, 6) is 0.128. The number of nitrogens with two attached hydrogens (primary N) is 1. The van der Waals surface area contributed by atoms with Crippen LogP contribution in [0, 0.1) is 0 Å². The van der Waals surface area contributed by atoms with Crippen LogP contribution in [0.2, 0.25) is 10.0 Å². The summed E-state index contributed by atoms with van der Waals surface area (Å²) < 4.78 is 5.77. The van der Waals surface area contributed by atoms with Crippen LogP contribution in [-0.4, -0.2) is 23.3 Å². The van der Waals surface area contributed by atoms with Crippen molar-refractivity contribution in [1.82, 2.24) is 10.3 Å². The Labute approximate surface area is 177 Å². The monoisotopic (exact) mass is 429 g/mol. The molecule has 0 spiro atoms. The topological polar surface area (TPSA) is 94.3 Å². The van der Waals surface area contributed by atoms with Gasteiger partial charge in [0.15, 0.2) is 0 Å². The Balaban J connectivity index is 1.60. The number of pyridine rings is 1. The summed E-state index contributed by atoms with van der Waals surface area (Å²) in [6, 6.07) is 15.3. The number of halogens is 2. The van der Waals surface area contributed by atoms with Crippen LogP contribution in [0.4, 0.5) is 0 Å². The van der Waals surface area contributed by atoms with Crippen LogP contribution in [-0.2, 0) is 6.42 Å². The van der Waals surface area contributed by atoms with Crippen LogP contribution in [0.15, 0.2) is 60.8 Å². The molecule has 2 aromatic carbocycles. The van der Waals surface area contributed by atoms with Crippen molar-refractivity contribution < 1.29 is 14.3 Å². The molecule has 0 radical (unpaired) electrons. The highest BCUT2D eigenvalue weighted by Crippen LogP contribution is 2.23. The van der Waals surface area contributed by atoms with E-state index < -0.39 is 5.91 Å². The standard InChI is InChI=1S/C21H17Cl2N3O3/c22-14-4-5-18(23)17(11-14)21(28)26-8-6-13-2-1-3-15(10-13)29-16-7-9-25-19(12-16)20(24)27/h1-5,7,9-12H,6,8H2,(H2,24,27)(H,26,28). The molecule has 148 valence electrons. The van der Waals surface area contributed by atoms with E-state index in [1.807, 2.05) is 18.2 Å². The number of rotatable bonds is 7. The highest BCUT2D eigenvalue weighted by atomic mass is 35.5. The van der Waals surface area contributed by atoms with Crippen molar-refractivity contribution in [2.75, 3.05) is 6.54 Å². The van der Waals surface area contributed by atoms with Gasteiger partial charge in [-0.05, 0) is 48.4 Å². The summed E-state index contributed by atoms with van der Waals surface area (Å²) in [7, 11) is 0. The van der Waals surface area contributed by atoms with Crippen molar-refractivity contribution in [2.24, 2.45) is 5.73 Å². The number of hydrogen-bond donors (Lipinski definition) is 2. The third-order valence-corrected chi connectivity index (χ3v) is 4.55. The second-order valence-corrected chi connectivity index (χ2v) is 6.96. The number of nitrogens with zero attached hydrogens (tertiary/aromatic N) is 1. The quantitative estimate of drug-likeness (QED) is 0.586. The summed E-state index contributed by atoms with van der Waals surface area (Å²) in [6.45, 7) is 0.409. The molecule has 0 unspecified atom stereocenters. The van der Waals surface area contributed by atoms with E-state index in [-0.39, 0.29) is 11.6 Å². The van der Waals surface area contributed by atoms with Gasteiger partial charge in [-0.2, -0.15) is 0 Å². The van der Waals surface area contributed by atoms with E-state index in [9.17, 15) is 9.59 Å². The lowest BCUT2D eigenvalue weighted by atomic mass is 10.1. The molecule has 3 rings (SSSR count).